The number of benzene rings is 1. The van der Waals surface area contributed by atoms with E-state index >= 15 is 0 Å². The van der Waals surface area contributed by atoms with Gasteiger partial charge in [0.25, 0.3) is 5.91 Å². The van der Waals surface area contributed by atoms with Gasteiger partial charge >= 0.3 is 0 Å². The van der Waals surface area contributed by atoms with E-state index in [-0.39, 0.29) is 5.91 Å². The highest BCUT2D eigenvalue weighted by Crippen LogP contribution is 2.27. The fourth-order valence-electron chi connectivity index (χ4n) is 1.25. The minimum atomic E-state index is -0.542. The molecule has 4 nitrogen and oxygen atoms in total. The molecule has 0 spiro atoms. The summed E-state index contributed by atoms with van der Waals surface area (Å²) in [6.45, 7) is 4.37. The first-order chi connectivity index (χ1) is 8.04. The van der Waals surface area contributed by atoms with Gasteiger partial charge in [0.15, 0.2) is 6.10 Å². The molecule has 0 aliphatic heterocycles. The summed E-state index contributed by atoms with van der Waals surface area (Å²) in [6.07, 6.45) is 0.361. The fraction of sp³-hybridized carbons (Fsp3) is 0.417. The average molecular weight is 301 g/mol. The Morgan fingerprint density at radius 3 is 2.94 bits per heavy atom. The summed E-state index contributed by atoms with van der Waals surface area (Å²) < 4.78 is 6.33. The minimum absolute atomic E-state index is 0.124. The molecule has 0 saturated carbocycles. The third kappa shape index (κ3) is 4.26. The van der Waals surface area contributed by atoms with E-state index in [0.29, 0.717) is 18.0 Å². The maximum atomic E-state index is 11.6. The molecule has 0 saturated heterocycles. The SMILES string of the molecule is CCCNC(=O)C(C)Oc1cc(N)ccc1Br. The Bertz CT molecular complexity index is 396. The van der Waals surface area contributed by atoms with E-state index < -0.39 is 6.10 Å². The van der Waals surface area contributed by atoms with Gasteiger partial charge < -0.3 is 15.8 Å². The van der Waals surface area contributed by atoms with Crippen molar-refractivity contribution < 1.29 is 9.53 Å². The lowest BCUT2D eigenvalue weighted by Crippen LogP contribution is -2.36. The Balaban J connectivity index is 2.64. The minimum Gasteiger partial charge on any atom is -0.480 e. The zero-order chi connectivity index (χ0) is 12.8. The number of carbonyl (C=O) groups is 1. The molecule has 1 aromatic carbocycles. The number of nitrogens with two attached hydrogens (primary N) is 1. The molecule has 0 radical (unpaired) electrons. The first-order valence-electron chi connectivity index (χ1n) is 5.54. The molecule has 0 aromatic heterocycles. The largest absolute Gasteiger partial charge is 0.480 e. The Labute approximate surface area is 110 Å². The van der Waals surface area contributed by atoms with Crippen molar-refractivity contribution in [3.05, 3.63) is 22.7 Å². The number of anilines is 1. The van der Waals surface area contributed by atoms with Crippen LogP contribution in [0.4, 0.5) is 5.69 Å². The first kappa shape index (κ1) is 13.8. The van der Waals surface area contributed by atoms with Crippen molar-refractivity contribution >= 4 is 27.5 Å². The smallest absolute Gasteiger partial charge is 0.260 e. The van der Waals surface area contributed by atoms with Gasteiger partial charge in [0.2, 0.25) is 0 Å². The van der Waals surface area contributed by atoms with Crippen molar-refractivity contribution in [2.75, 3.05) is 12.3 Å². The summed E-state index contributed by atoms with van der Waals surface area (Å²) >= 11 is 3.35. The van der Waals surface area contributed by atoms with E-state index in [2.05, 4.69) is 21.2 Å². The number of carbonyl (C=O) groups excluding carboxylic acids is 1. The second-order valence-corrected chi connectivity index (χ2v) is 4.60. The summed E-state index contributed by atoms with van der Waals surface area (Å²) in [5, 5.41) is 2.78. The average Bonchev–Trinajstić information content (AvgIpc) is 2.30. The van der Waals surface area contributed by atoms with Gasteiger partial charge in [0.1, 0.15) is 5.75 Å². The van der Waals surface area contributed by atoms with E-state index in [1.165, 1.54) is 0 Å². The zero-order valence-corrected chi connectivity index (χ0v) is 11.6. The Morgan fingerprint density at radius 1 is 1.59 bits per heavy atom. The van der Waals surface area contributed by atoms with Gasteiger partial charge in [-0.1, -0.05) is 6.92 Å². The quantitative estimate of drug-likeness (QED) is 0.820. The number of nitrogens with one attached hydrogen (secondary N) is 1. The molecule has 1 unspecified atom stereocenters. The monoisotopic (exact) mass is 300 g/mol. The summed E-state index contributed by atoms with van der Waals surface area (Å²) in [7, 11) is 0. The number of halogens is 1. The van der Waals surface area contributed by atoms with Crippen LogP contribution >= 0.6 is 15.9 Å². The second kappa shape index (κ2) is 6.49. The maximum Gasteiger partial charge on any atom is 0.260 e. The van der Waals surface area contributed by atoms with Gasteiger partial charge in [-0.15, -0.1) is 0 Å². The Hall–Kier alpha value is -1.23. The summed E-state index contributed by atoms with van der Waals surface area (Å²) in [5.41, 5.74) is 6.26. The fourth-order valence-corrected chi connectivity index (χ4v) is 1.59. The van der Waals surface area contributed by atoms with Gasteiger partial charge in [0.05, 0.1) is 4.47 Å². The Kier molecular flexibility index (Phi) is 5.28. The molecule has 94 valence electrons. The standard InChI is InChI=1S/C12H17BrN2O2/c1-3-6-15-12(16)8(2)17-11-7-9(14)4-5-10(11)13/h4-5,7-8H,3,6,14H2,1-2H3,(H,15,16). The van der Waals surface area contributed by atoms with Crippen LogP contribution in [0.5, 0.6) is 5.75 Å². The van der Waals surface area contributed by atoms with E-state index in [0.717, 1.165) is 10.9 Å². The molecule has 3 N–H and O–H groups in total. The van der Waals surface area contributed by atoms with Crippen LogP contribution in [0.3, 0.4) is 0 Å². The van der Waals surface area contributed by atoms with Crippen LogP contribution in [-0.4, -0.2) is 18.6 Å². The number of ether oxygens (including phenoxy) is 1. The lowest BCUT2D eigenvalue weighted by Gasteiger charge is -2.15. The predicted octanol–water partition coefficient (Wildman–Crippen LogP) is 2.32. The molecule has 1 atom stereocenters. The number of amides is 1. The molecule has 0 heterocycles. The molecular formula is C12H17BrN2O2. The van der Waals surface area contributed by atoms with Gasteiger partial charge in [0, 0.05) is 18.3 Å². The van der Waals surface area contributed by atoms with Crippen LogP contribution in [0.1, 0.15) is 20.3 Å². The van der Waals surface area contributed by atoms with Crippen molar-refractivity contribution in [1.82, 2.24) is 5.32 Å². The highest BCUT2D eigenvalue weighted by atomic mass is 79.9. The lowest BCUT2D eigenvalue weighted by atomic mass is 10.3. The van der Waals surface area contributed by atoms with Crippen LogP contribution in [0, 0.1) is 0 Å². The predicted molar refractivity (Wildman–Crippen MR) is 71.9 cm³/mol. The van der Waals surface area contributed by atoms with Gasteiger partial charge in [-0.2, -0.15) is 0 Å². The zero-order valence-electron chi connectivity index (χ0n) is 10.00. The molecule has 0 aliphatic carbocycles. The van der Waals surface area contributed by atoms with E-state index in [1.807, 2.05) is 6.92 Å². The summed E-state index contributed by atoms with van der Waals surface area (Å²) in [4.78, 5) is 11.6. The molecule has 1 aromatic rings. The van der Waals surface area contributed by atoms with Crippen molar-refractivity contribution in [2.45, 2.75) is 26.4 Å². The molecule has 0 aliphatic rings. The number of hydrogen-bond donors (Lipinski definition) is 2. The van der Waals surface area contributed by atoms with Gasteiger partial charge in [-0.3, -0.25) is 4.79 Å². The topological polar surface area (TPSA) is 64.3 Å². The third-order valence-corrected chi connectivity index (χ3v) is 2.83. The summed E-state index contributed by atoms with van der Waals surface area (Å²) in [5.74, 6) is 0.449. The van der Waals surface area contributed by atoms with Crippen LogP contribution in [0.25, 0.3) is 0 Å². The molecule has 5 heteroatoms. The van der Waals surface area contributed by atoms with E-state index in [9.17, 15) is 4.79 Å². The second-order valence-electron chi connectivity index (χ2n) is 3.74. The molecule has 0 fully saturated rings. The van der Waals surface area contributed by atoms with Crippen molar-refractivity contribution in [3.8, 4) is 5.75 Å². The third-order valence-electron chi connectivity index (χ3n) is 2.18. The molecule has 1 amide bonds. The van der Waals surface area contributed by atoms with Crippen LogP contribution < -0.4 is 15.8 Å². The van der Waals surface area contributed by atoms with E-state index in [1.54, 1.807) is 25.1 Å². The van der Waals surface area contributed by atoms with Crippen molar-refractivity contribution in [2.24, 2.45) is 0 Å². The Morgan fingerprint density at radius 2 is 2.29 bits per heavy atom. The van der Waals surface area contributed by atoms with Crippen LogP contribution in [-0.2, 0) is 4.79 Å². The van der Waals surface area contributed by atoms with Crippen molar-refractivity contribution in [3.63, 3.8) is 0 Å². The lowest BCUT2D eigenvalue weighted by molar-refractivity contribution is -0.127. The van der Waals surface area contributed by atoms with Crippen LogP contribution in [0.2, 0.25) is 0 Å². The highest BCUT2D eigenvalue weighted by Gasteiger charge is 2.15. The first-order valence-corrected chi connectivity index (χ1v) is 6.33. The number of hydrogen-bond acceptors (Lipinski definition) is 3. The van der Waals surface area contributed by atoms with E-state index in [4.69, 9.17) is 10.5 Å². The normalized spacial score (nSPS) is 11.9. The molecular weight excluding hydrogens is 284 g/mol. The maximum absolute atomic E-state index is 11.6. The molecule has 0 bridgehead atoms. The van der Waals surface area contributed by atoms with Crippen LogP contribution in [0.15, 0.2) is 22.7 Å². The van der Waals surface area contributed by atoms with Gasteiger partial charge in [-0.25, -0.2) is 0 Å². The van der Waals surface area contributed by atoms with Gasteiger partial charge in [-0.05, 0) is 41.4 Å². The van der Waals surface area contributed by atoms with Crippen molar-refractivity contribution in [1.29, 1.82) is 0 Å². The molecule has 17 heavy (non-hydrogen) atoms. The summed E-state index contributed by atoms with van der Waals surface area (Å²) in [6, 6.07) is 5.24. The number of rotatable bonds is 5. The number of nitrogen functional groups attached to an aromatic ring is 1. The molecule has 1 rings (SSSR count). The highest BCUT2D eigenvalue weighted by molar-refractivity contribution is 9.10.